The molecule has 3 rings (SSSR count). The fourth-order valence-corrected chi connectivity index (χ4v) is 2.59. The van der Waals surface area contributed by atoms with E-state index in [4.69, 9.17) is 9.47 Å². The summed E-state index contributed by atoms with van der Waals surface area (Å²) in [7, 11) is 2.92. The fourth-order valence-electron chi connectivity index (χ4n) is 2.59. The Bertz CT molecular complexity index is 1130. The van der Waals surface area contributed by atoms with Crippen LogP contribution in [0, 0.1) is 15.9 Å². The van der Waals surface area contributed by atoms with E-state index in [1.165, 1.54) is 32.4 Å². The molecule has 0 bridgehead atoms. The average Bonchev–Trinajstić information content (AvgIpc) is 2.77. The molecule has 3 aromatic rings. The van der Waals surface area contributed by atoms with E-state index in [-0.39, 0.29) is 17.2 Å². The Morgan fingerprint density at radius 2 is 1.84 bits per heavy atom. The highest BCUT2D eigenvalue weighted by molar-refractivity contribution is 5.95. The zero-order valence-corrected chi connectivity index (χ0v) is 16.4. The molecule has 1 aromatic heterocycles. The van der Waals surface area contributed by atoms with Crippen molar-refractivity contribution in [3.8, 4) is 11.5 Å². The molecule has 0 atom stereocenters. The van der Waals surface area contributed by atoms with Crippen LogP contribution in [0.3, 0.4) is 0 Å². The summed E-state index contributed by atoms with van der Waals surface area (Å²) in [6.45, 7) is 0. The first-order valence-electron chi connectivity index (χ1n) is 8.74. The van der Waals surface area contributed by atoms with Crippen molar-refractivity contribution in [3.05, 3.63) is 70.3 Å². The van der Waals surface area contributed by atoms with Crippen LogP contribution < -0.4 is 25.6 Å². The number of carbonyl (C=O) groups is 1. The average molecular weight is 428 g/mol. The second-order valence-electron chi connectivity index (χ2n) is 5.93. The van der Waals surface area contributed by atoms with Gasteiger partial charge in [0.2, 0.25) is 11.6 Å². The van der Waals surface area contributed by atoms with Crippen molar-refractivity contribution < 1.29 is 23.6 Å². The van der Waals surface area contributed by atoms with Gasteiger partial charge in [0.25, 0.3) is 5.91 Å². The third kappa shape index (κ3) is 4.75. The molecule has 2 aromatic carbocycles. The molecule has 0 fully saturated rings. The van der Waals surface area contributed by atoms with Crippen LogP contribution in [0.4, 0.5) is 27.4 Å². The van der Waals surface area contributed by atoms with Gasteiger partial charge in [-0.05, 0) is 24.3 Å². The van der Waals surface area contributed by atoms with Crippen LogP contribution in [-0.4, -0.2) is 35.0 Å². The third-order valence-electron chi connectivity index (χ3n) is 4.08. The van der Waals surface area contributed by atoms with Gasteiger partial charge in [0, 0.05) is 6.07 Å². The van der Waals surface area contributed by atoms with Crippen molar-refractivity contribution in [2.75, 3.05) is 25.0 Å². The topological polar surface area (TPSA) is 141 Å². The summed E-state index contributed by atoms with van der Waals surface area (Å²) >= 11 is 0. The van der Waals surface area contributed by atoms with Gasteiger partial charge in [0.1, 0.15) is 23.6 Å². The Morgan fingerprint density at radius 1 is 1.10 bits per heavy atom. The van der Waals surface area contributed by atoms with Gasteiger partial charge in [-0.15, -0.1) is 0 Å². The summed E-state index contributed by atoms with van der Waals surface area (Å²) < 4.78 is 24.1. The summed E-state index contributed by atoms with van der Waals surface area (Å²) in [4.78, 5) is 30.8. The van der Waals surface area contributed by atoms with Gasteiger partial charge in [-0.2, -0.15) is 0 Å². The number of benzene rings is 2. The first kappa shape index (κ1) is 21.2. The molecule has 0 saturated heterocycles. The predicted molar refractivity (Wildman–Crippen MR) is 109 cm³/mol. The molecular weight excluding hydrogens is 411 g/mol. The highest BCUT2D eigenvalue weighted by atomic mass is 19.1. The van der Waals surface area contributed by atoms with Crippen molar-refractivity contribution in [2.45, 2.75) is 0 Å². The van der Waals surface area contributed by atoms with Crippen LogP contribution in [0.25, 0.3) is 0 Å². The third-order valence-corrected chi connectivity index (χ3v) is 4.08. The van der Waals surface area contributed by atoms with E-state index >= 15 is 0 Å². The van der Waals surface area contributed by atoms with E-state index in [0.29, 0.717) is 17.2 Å². The Morgan fingerprint density at radius 3 is 2.52 bits per heavy atom. The Kier molecular flexibility index (Phi) is 6.40. The number of hydrazine groups is 1. The number of halogens is 1. The number of aromatic nitrogens is 2. The minimum atomic E-state index is -0.836. The Balaban J connectivity index is 1.87. The second kappa shape index (κ2) is 9.35. The molecule has 0 aliphatic rings. The first-order chi connectivity index (χ1) is 14.9. The van der Waals surface area contributed by atoms with Crippen molar-refractivity contribution in [2.24, 2.45) is 0 Å². The number of anilines is 3. The summed E-state index contributed by atoms with van der Waals surface area (Å²) in [6.07, 6.45) is 1.06. The quantitative estimate of drug-likeness (QED) is 0.365. The maximum Gasteiger partial charge on any atom is 0.355 e. The van der Waals surface area contributed by atoms with E-state index in [2.05, 4.69) is 26.1 Å². The van der Waals surface area contributed by atoms with Crippen molar-refractivity contribution in [1.82, 2.24) is 15.4 Å². The van der Waals surface area contributed by atoms with Gasteiger partial charge in [-0.3, -0.25) is 25.8 Å². The fraction of sp³-hybridized carbons (Fsp3) is 0.105. The van der Waals surface area contributed by atoms with E-state index in [9.17, 15) is 19.3 Å². The van der Waals surface area contributed by atoms with Gasteiger partial charge < -0.3 is 14.8 Å². The molecule has 31 heavy (non-hydrogen) atoms. The number of hydrogen-bond donors (Lipinski definition) is 3. The van der Waals surface area contributed by atoms with Crippen LogP contribution >= 0.6 is 0 Å². The van der Waals surface area contributed by atoms with E-state index in [1.54, 1.807) is 18.2 Å². The number of rotatable bonds is 8. The molecule has 0 radical (unpaired) electrons. The largest absolute Gasteiger partial charge is 0.497 e. The van der Waals surface area contributed by atoms with Gasteiger partial charge in [0.05, 0.1) is 30.4 Å². The highest BCUT2D eigenvalue weighted by Gasteiger charge is 2.25. The van der Waals surface area contributed by atoms with Crippen molar-refractivity contribution >= 4 is 28.9 Å². The molecule has 12 heteroatoms. The highest BCUT2D eigenvalue weighted by Crippen LogP contribution is 2.35. The zero-order chi connectivity index (χ0) is 22.4. The standard InChI is InChI=1S/C19H17FN6O5/c1-30-11-7-8-14(15(9-11)31-2)23-17-16(26(28)29)18(22-10-21-17)24-25-19(27)12-5-3-4-6-13(12)20/h3-10H,1-2H3,(H,25,27)(H2,21,22,23,24). The lowest BCUT2D eigenvalue weighted by atomic mass is 10.2. The molecule has 0 unspecified atom stereocenters. The molecule has 0 aliphatic heterocycles. The van der Waals surface area contributed by atoms with Crippen molar-refractivity contribution in [1.29, 1.82) is 0 Å². The minimum Gasteiger partial charge on any atom is -0.497 e. The summed E-state index contributed by atoms with van der Waals surface area (Å²) in [5.41, 5.74) is 4.12. The van der Waals surface area contributed by atoms with Crippen LogP contribution in [0.1, 0.15) is 10.4 Å². The normalized spacial score (nSPS) is 10.2. The Hall–Kier alpha value is -4.48. The number of hydrogen-bond acceptors (Lipinski definition) is 9. The second-order valence-corrected chi connectivity index (χ2v) is 5.93. The zero-order valence-electron chi connectivity index (χ0n) is 16.4. The lowest BCUT2D eigenvalue weighted by Crippen LogP contribution is -2.31. The number of nitrogens with one attached hydrogen (secondary N) is 3. The van der Waals surface area contributed by atoms with Crippen molar-refractivity contribution in [3.63, 3.8) is 0 Å². The van der Waals surface area contributed by atoms with Crippen LogP contribution in [0.2, 0.25) is 0 Å². The number of amides is 1. The SMILES string of the molecule is COc1ccc(Nc2ncnc(NNC(=O)c3ccccc3F)c2[N+](=O)[O-])c(OC)c1. The maximum absolute atomic E-state index is 13.8. The first-order valence-corrected chi connectivity index (χ1v) is 8.74. The van der Waals surface area contributed by atoms with Crippen LogP contribution in [0.5, 0.6) is 11.5 Å². The molecule has 1 heterocycles. The number of methoxy groups -OCH3 is 2. The Labute approximate surface area is 175 Å². The summed E-state index contributed by atoms with van der Waals surface area (Å²) in [5, 5.41) is 14.5. The molecule has 11 nitrogen and oxygen atoms in total. The summed E-state index contributed by atoms with van der Waals surface area (Å²) in [5.74, 6) is -1.16. The van der Waals surface area contributed by atoms with Crippen LogP contribution in [0.15, 0.2) is 48.8 Å². The maximum atomic E-state index is 13.8. The molecule has 0 aliphatic carbocycles. The van der Waals surface area contributed by atoms with E-state index in [1.807, 2.05) is 0 Å². The molecular formula is C19H17FN6O5. The smallest absolute Gasteiger partial charge is 0.355 e. The molecule has 0 saturated carbocycles. The molecule has 0 spiro atoms. The lowest BCUT2D eigenvalue weighted by Gasteiger charge is -2.13. The number of ether oxygens (including phenoxy) is 2. The molecule has 160 valence electrons. The van der Waals surface area contributed by atoms with Gasteiger partial charge in [0.15, 0.2) is 0 Å². The number of nitro groups is 1. The predicted octanol–water partition coefficient (Wildman–Crippen LogP) is 3.04. The van der Waals surface area contributed by atoms with Gasteiger partial charge in [-0.1, -0.05) is 12.1 Å². The van der Waals surface area contributed by atoms with Crippen LogP contribution in [-0.2, 0) is 0 Å². The van der Waals surface area contributed by atoms with Gasteiger partial charge in [-0.25, -0.2) is 14.4 Å². The van der Waals surface area contributed by atoms with E-state index < -0.39 is 22.3 Å². The van der Waals surface area contributed by atoms with Gasteiger partial charge >= 0.3 is 5.69 Å². The minimum absolute atomic E-state index is 0.161. The van der Waals surface area contributed by atoms with E-state index in [0.717, 1.165) is 12.4 Å². The lowest BCUT2D eigenvalue weighted by molar-refractivity contribution is -0.383. The molecule has 1 amide bonds. The number of nitrogens with zero attached hydrogens (tertiary/aromatic N) is 3. The summed E-state index contributed by atoms with van der Waals surface area (Å²) in [6, 6.07) is 10.1. The molecule has 3 N–H and O–H groups in total. The monoisotopic (exact) mass is 428 g/mol. The number of carbonyl (C=O) groups excluding carboxylic acids is 1.